The SMILES string of the molecule is CC1=C(C(=O)OCC(C)C)[C@H](c2csnn2)NC(=S)N1. The number of rotatable bonds is 4. The fourth-order valence-electron chi connectivity index (χ4n) is 1.80. The lowest BCUT2D eigenvalue weighted by atomic mass is 10.0. The number of esters is 1. The molecule has 2 N–H and O–H groups in total. The van der Waals surface area contributed by atoms with Crippen LogP contribution in [0, 0.1) is 5.92 Å². The maximum absolute atomic E-state index is 12.3. The third-order valence-corrected chi connectivity index (χ3v) is 3.45. The number of allylic oxidation sites excluding steroid dienone is 1. The Morgan fingerprint density at radius 1 is 1.60 bits per heavy atom. The first kappa shape index (κ1) is 14.9. The van der Waals surface area contributed by atoms with Gasteiger partial charge in [-0.2, -0.15) is 0 Å². The summed E-state index contributed by atoms with van der Waals surface area (Å²) in [7, 11) is 0. The van der Waals surface area contributed by atoms with Crippen LogP contribution in [-0.2, 0) is 9.53 Å². The summed E-state index contributed by atoms with van der Waals surface area (Å²) in [5.41, 5.74) is 1.84. The second-order valence-corrected chi connectivity index (χ2v) is 5.91. The van der Waals surface area contributed by atoms with Gasteiger partial charge in [0.25, 0.3) is 0 Å². The summed E-state index contributed by atoms with van der Waals surface area (Å²) < 4.78 is 9.14. The lowest BCUT2D eigenvalue weighted by Gasteiger charge is -2.28. The second kappa shape index (κ2) is 6.27. The van der Waals surface area contributed by atoms with Crippen molar-refractivity contribution in [1.82, 2.24) is 20.2 Å². The number of aromatic nitrogens is 2. The summed E-state index contributed by atoms with van der Waals surface area (Å²) in [6, 6.07) is -0.415. The Morgan fingerprint density at radius 3 is 2.95 bits per heavy atom. The van der Waals surface area contributed by atoms with Crippen molar-refractivity contribution in [2.75, 3.05) is 6.61 Å². The van der Waals surface area contributed by atoms with Crippen molar-refractivity contribution in [3.05, 3.63) is 22.3 Å². The van der Waals surface area contributed by atoms with E-state index in [0.717, 1.165) is 0 Å². The lowest BCUT2D eigenvalue weighted by Crippen LogP contribution is -2.45. The van der Waals surface area contributed by atoms with Crippen LogP contribution in [0.5, 0.6) is 0 Å². The number of thiocarbonyl (C=S) groups is 1. The first-order valence-electron chi connectivity index (χ1n) is 6.21. The van der Waals surface area contributed by atoms with E-state index in [0.29, 0.717) is 28.7 Å². The van der Waals surface area contributed by atoms with E-state index >= 15 is 0 Å². The van der Waals surface area contributed by atoms with Gasteiger partial charge < -0.3 is 15.4 Å². The molecule has 1 aliphatic heterocycles. The van der Waals surface area contributed by atoms with Crippen molar-refractivity contribution < 1.29 is 9.53 Å². The molecule has 0 saturated heterocycles. The van der Waals surface area contributed by atoms with Crippen molar-refractivity contribution in [2.24, 2.45) is 5.92 Å². The van der Waals surface area contributed by atoms with E-state index < -0.39 is 6.04 Å². The molecule has 1 aromatic rings. The van der Waals surface area contributed by atoms with Crippen molar-refractivity contribution in [3.8, 4) is 0 Å². The zero-order valence-electron chi connectivity index (χ0n) is 11.5. The van der Waals surface area contributed by atoms with Gasteiger partial charge in [-0.25, -0.2) is 4.79 Å². The maximum Gasteiger partial charge on any atom is 0.338 e. The van der Waals surface area contributed by atoms with Gasteiger partial charge in [0.05, 0.1) is 12.2 Å². The Hall–Kier alpha value is -1.54. The number of nitrogens with zero attached hydrogens (tertiary/aromatic N) is 2. The summed E-state index contributed by atoms with van der Waals surface area (Å²) in [6.07, 6.45) is 0. The van der Waals surface area contributed by atoms with E-state index in [9.17, 15) is 4.79 Å². The molecule has 0 unspecified atom stereocenters. The summed E-state index contributed by atoms with van der Waals surface area (Å²) in [5.74, 6) is -0.0819. The molecule has 108 valence electrons. The van der Waals surface area contributed by atoms with Gasteiger partial charge in [0.15, 0.2) is 5.11 Å². The van der Waals surface area contributed by atoms with Crippen LogP contribution in [0.25, 0.3) is 0 Å². The predicted molar refractivity (Wildman–Crippen MR) is 80.0 cm³/mol. The average Bonchev–Trinajstić information content (AvgIpc) is 2.88. The minimum Gasteiger partial charge on any atom is -0.462 e. The van der Waals surface area contributed by atoms with E-state index in [1.807, 2.05) is 13.8 Å². The molecule has 1 aromatic heterocycles. The molecular weight excluding hydrogens is 296 g/mol. The molecule has 0 bridgehead atoms. The monoisotopic (exact) mass is 312 g/mol. The molecule has 8 heteroatoms. The molecule has 1 atom stereocenters. The highest BCUT2D eigenvalue weighted by atomic mass is 32.1. The van der Waals surface area contributed by atoms with Gasteiger partial charge >= 0.3 is 5.97 Å². The maximum atomic E-state index is 12.3. The molecule has 6 nitrogen and oxygen atoms in total. The van der Waals surface area contributed by atoms with E-state index in [4.69, 9.17) is 17.0 Å². The fourth-order valence-corrected chi connectivity index (χ4v) is 2.55. The molecule has 2 heterocycles. The quantitative estimate of drug-likeness (QED) is 0.645. The van der Waals surface area contributed by atoms with Crippen LogP contribution < -0.4 is 10.6 Å². The predicted octanol–water partition coefficient (Wildman–Crippen LogP) is 1.53. The minimum absolute atomic E-state index is 0.282. The van der Waals surface area contributed by atoms with Crippen molar-refractivity contribution >= 4 is 34.8 Å². The largest absolute Gasteiger partial charge is 0.462 e. The number of ether oxygens (including phenoxy) is 1. The van der Waals surface area contributed by atoms with Crippen LogP contribution in [0.2, 0.25) is 0 Å². The third-order valence-electron chi connectivity index (χ3n) is 2.71. The van der Waals surface area contributed by atoms with Crippen molar-refractivity contribution in [3.63, 3.8) is 0 Å². The first-order valence-corrected chi connectivity index (χ1v) is 7.46. The zero-order valence-corrected chi connectivity index (χ0v) is 13.1. The molecule has 0 fully saturated rings. The lowest BCUT2D eigenvalue weighted by molar-refractivity contribution is -0.140. The van der Waals surface area contributed by atoms with Gasteiger partial charge in [-0.1, -0.05) is 18.3 Å². The summed E-state index contributed by atoms with van der Waals surface area (Å²) in [5, 5.41) is 12.2. The molecule has 0 saturated carbocycles. The Labute approximate surface area is 126 Å². The normalized spacial score (nSPS) is 18.8. The van der Waals surface area contributed by atoms with Gasteiger partial charge in [0.2, 0.25) is 0 Å². The Morgan fingerprint density at radius 2 is 2.35 bits per heavy atom. The van der Waals surface area contributed by atoms with E-state index in [1.54, 1.807) is 12.3 Å². The third kappa shape index (κ3) is 3.31. The molecule has 1 aliphatic rings. The van der Waals surface area contributed by atoms with E-state index in [2.05, 4.69) is 20.2 Å². The van der Waals surface area contributed by atoms with Crippen molar-refractivity contribution in [2.45, 2.75) is 26.8 Å². The molecule has 0 spiro atoms. The standard InChI is InChI=1S/C12H16N4O2S2/c1-6(2)4-18-11(17)9-7(3)13-12(19)14-10(9)8-5-20-16-15-8/h5-6,10H,4H2,1-3H3,(H2,13,14,19)/t10-/m0/s1. The van der Waals surface area contributed by atoms with Gasteiger partial charge in [-0.05, 0) is 36.6 Å². The topological polar surface area (TPSA) is 76.1 Å². The van der Waals surface area contributed by atoms with Crippen LogP contribution in [-0.4, -0.2) is 27.3 Å². The molecule has 20 heavy (non-hydrogen) atoms. The summed E-state index contributed by atoms with van der Waals surface area (Å²) in [4.78, 5) is 12.3. The number of carbonyl (C=O) groups excluding carboxylic acids is 1. The molecule has 0 aromatic carbocycles. The van der Waals surface area contributed by atoms with Gasteiger partial charge in [0.1, 0.15) is 11.7 Å². The van der Waals surface area contributed by atoms with E-state index in [-0.39, 0.29) is 11.9 Å². The van der Waals surface area contributed by atoms with Gasteiger partial charge in [0, 0.05) is 11.1 Å². The number of nitrogens with one attached hydrogen (secondary N) is 2. The van der Waals surface area contributed by atoms with Gasteiger partial charge in [-0.15, -0.1) is 5.10 Å². The average molecular weight is 312 g/mol. The molecular formula is C12H16N4O2S2. The summed E-state index contributed by atoms with van der Waals surface area (Å²) >= 11 is 6.35. The second-order valence-electron chi connectivity index (χ2n) is 4.89. The minimum atomic E-state index is -0.415. The smallest absolute Gasteiger partial charge is 0.338 e. The number of hydrogen-bond donors (Lipinski definition) is 2. The van der Waals surface area contributed by atoms with Crippen LogP contribution >= 0.6 is 23.8 Å². The Balaban J connectivity index is 2.27. The van der Waals surface area contributed by atoms with Crippen LogP contribution in [0.15, 0.2) is 16.7 Å². The first-order chi connectivity index (χ1) is 9.49. The molecule has 0 aliphatic carbocycles. The summed E-state index contributed by atoms with van der Waals surface area (Å²) in [6.45, 7) is 6.15. The molecule has 0 amide bonds. The zero-order chi connectivity index (χ0) is 14.7. The van der Waals surface area contributed by atoms with Crippen LogP contribution in [0.3, 0.4) is 0 Å². The molecule has 0 radical (unpaired) electrons. The van der Waals surface area contributed by atoms with Crippen LogP contribution in [0.4, 0.5) is 0 Å². The van der Waals surface area contributed by atoms with Crippen molar-refractivity contribution in [1.29, 1.82) is 0 Å². The van der Waals surface area contributed by atoms with E-state index in [1.165, 1.54) is 11.5 Å². The number of hydrogen-bond acceptors (Lipinski definition) is 6. The highest BCUT2D eigenvalue weighted by Gasteiger charge is 2.32. The highest BCUT2D eigenvalue weighted by Crippen LogP contribution is 2.26. The highest BCUT2D eigenvalue weighted by molar-refractivity contribution is 7.80. The Kier molecular flexibility index (Phi) is 4.66. The van der Waals surface area contributed by atoms with Gasteiger partial charge in [-0.3, -0.25) is 0 Å². The Bertz CT molecular complexity index is 540. The molecule has 2 rings (SSSR count). The van der Waals surface area contributed by atoms with Crippen LogP contribution in [0.1, 0.15) is 32.5 Å². The fraction of sp³-hybridized carbons (Fsp3) is 0.500. The number of carbonyl (C=O) groups is 1.